The van der Waals surface area contributed by atoms with Crippen LogP contribution in [0.15, 0.2) is 71.5 Å². The molecule has 0 radical (unpaired) electrons. The van der Waals surface area contributed by atoms with Crippen molar-refractivity contribution in [1.82, 2.24) is 14.5 Å². The highest BCUT2D eigenvalue weighted by molar-refractivity contribution is 5.85. The van der Waals surface area contributed by atoms with Crippen LogP contribution in [0.2, 0.25) is 0 Å². The maximum Gasteiger partial charge on any atom is 0.261 e. The smallest absolute Gasteiger partial charge is 0.261 e. The van der Waals surface area contributed by atoms with Gasteiger partial charge in [0.1, 0.15) is 11.6 Å². The van der Waals surface area contributed by atoms with Crippen LogP contribution in [-0.4, -0.2) is 55.9 Å². The Hall–Kier alpha value is -3.55. The van der Waals surface area contributed by atoms with E-state index in [9.17, 15) is 4.79 Å². The summed E-state index contributed by atoms with van der Waals surface area (Å²) >= 11 is 0. The van der Waals surface area contributed by atoms with Crippen LogP contribution in [0.3, 0.4) is 0 Å². The lowest BCUT2D eigenvalue weighted by molar-refractivity contribution is 0.317. The molecule has 1 aromatic heterocycles. The summed E-state index contributed by atoms with van der Waals surface area (Å²) < 4.78 is 18.1. The van der Waals surface area contributed by atoms with Crippen LogP contribution in [0.5, 0.6) is 17.2 Å². The van der Waals surface area contributed by atoms with Gasteiger partial charge in [-0.1, -0.05) is 36.4 Å². The summed E-state index contributed by atoms with van der Waals surface area (Å²) in [6.45, 7) is 2.10. The summed E-state index contributed by atoms with van der Waals surface area (Å²) in [5.74, 6) is 2.97. The Labute approximate surface area is 224 Å². The molecule has 0 N–H and O–H groups in total. The largest absolute Gasteiger partial charge is 0.496 e. The number of para-hydroxylation sites is 2. The minimum atomic E-state index is -0.0150. The quantitative estimate of drug-likeness (QED) is 0.286. The van der Waals surface area contributed by atoms with Gasteiger partial charge in [0.25, 0.3) is 5.56 Å². The Kier molecular flexibility index (Phi) is 9.94. The molecule has 4 aromatic rings. The number of benzene rings is 3. The number of fused-ring (bicyclic) bond motifs is 1. The molecule has 0 atom stereocenters. The van der Waals surface area contributed by atoms with Crippen molar-refractivity contribution in [2.75, 3.05) is 41.5 Å². The molecular formula is C29H34ClN3O4. The van der Waals surface area contributed by atoms with E-state index in [0.29, 0.717) is 30.4 Å². The summed E-state index contributed by atoms with van der Waals surface area (Å²) in [6, 6.07) is 21.4. The topological polar surface area (TPSA) is 65.8 Å². The van der Waals surface area contributed by atoms with E-state index < -0.39 is 0 Å². The first-order valence-corrected chi connectivity index (χ1v) is 12.0. The molecule has 0 saturated carbocycles. The fourth-order valence-electron chi connectivity index (χ4n) is 4.34. The molecule has 1 heterocycles. The molecule has 0 amide bonds. The van der Waals surface area contributed by atoms with Crippen LogP contribution in [0.4, 0.5) is 0 Å². The van der Waals surface area contributed by atoms with Crippen molar-refractivity contribution in [1.29, 1.82) is 0 Å². The van der Waals surface area contributed by atoms with E-state index in [1.54, 1.807) is 21.3 Å². The number of ether oxygens (including phenoxy) is 3. The number of halogens is 1. The highest BCUT2D eigenvalue weighted by Crippen LogP contribution is 2.27. The number of nitrogens with zero attached hydrogens (tertiary/aromatic N) is 3. The molecule has 4 rings (SSSR count). The van der Waals surface area contributed by atoms with E-state index in [0.717, 1.165) is 41.6 Å². The Morgan fingerprint density at radius 1 is 0.838 bits per heavy atom. The van der Waals surface area contributed by atoms with E-state index in [2.05, 4.69) is 18.0 Å². The molecule has 0 aliphatic rings. The first-order chi connectivity index (χ1) is 17.5. The molecule has 3 aromatic carbocycles. The molecule has 0 bridgehead atoms. The van der Waals surface area contributed by atoms with E-state index in [-0.39, 0.29) is 18.0 Å². The van der Waals surface area contributed by atoms with Crippen LogP contribution in [0, 0.1) is 0 Å². The number of rotatable bonds is 11. The highest BCUT2D eigenvalue weighted by atomic mass is 35.5. The van der Waals surface area contributed by atoms with Crippen LogP contribution >= 0.6 is 12.4 Å². The van der Waals surface area contributed by atoms with Crippen LogP contribution < -0.4 is 19.8 Å². The molecule has 0 aliphatic heterocycles. The molecular weight excluding hydrogens is 490 g/mol. The fourth-order valence-corrected chi connectivity index (χ4v) is 4.34. The molecule has 0 unspecified atom stereocenters. The summed E-state index contributed by atoms with van der Waals surface area (Å²) in [5.41, 5.74) is 2.86. The summed E-state index contributed by atoms with van der Waals surface area (Å²) in [7, 11) is 7.01. The van der Waals surface area contributed by atoms with Crippen LogP contribution in [0.1, 0.15) is 17.0 Å². The second kappa shape index (κ2) is 13.1. The molecule has 0 saturated heterocycles. The normalized spacial score (nSPS) is 10.8. The third-order valence-electron chi connectivity index (χ3n) is 6.42. The first kappa shape index (κ1) is 28.0. The van der Waals surface area contributed by atoms with Gasteiger partial charge in [0.05, 0.1) is 32.2 Å². The zero-order valence-corrected chi connectivity index (χ0v) is 22.6. The van der Waals surface area contributed by atoms with Gasteiger partial charge in [-0.2, -0.15) is 0 Å². The Morgan fingerprint density at radius 3 is 2.30 bits per heavy atom. The maximum absolute atomic E-state index is 13.5. The van der Waals surface area contributed by atoms with Crippen LogP contribution in [-0.2, 0) is 19.4 Å². The van der Waals surface area contributed by atoms with Gasteiger partial charge in [0.2, 0.25) is 0 Å². The van der Waals surface area contributed by atoms with Crippen molar-refractivity contribution < 1.29 is 14.2 Å². The van der Waals surface area contributed by atoms with Crippen molar-refractivity contribution in [2.24, 2.45) is 0 Å². The molecule has 0 spiro atoms. The van der Waals surface area contributed by atoms with Gasteiger partial charge in [-0.15, -0.1) is 12.4 Å². The van der Waals surface area contributed by atoms with Gasteiger partial charge < -0.3 is 19.1 Å². The Morgan fingerprint density at radius 2 is 1.54 bits per heavy atom. The average molecular weight is 524 g/mol. The minimum absolute atomic E-state index is 0. The standard InChI is InChI=1S/C29H33N3O4.ClH/c1-31(16-15-21-13-14-26(35-3)27(19-21)36-4)17-18-32-28(20-22-9-5-8-12-25(22)34-2)30-24-11-7-6-10-23(24)29(32)33;/h5-14,19H,15-18,20H2,1-4H3;1H. The highest BCUT2D eigenvalue weighted by Gasteiger charge is 2.14. The lowest BCUT2D eigenvalue weighted by atomic mass is 10.1. The Bertz CT molecular complexity index is 1390. The summed E-state index contributed by atoms with van der Waals surface area (Å²) in [4.78, 5) is 20.6. The summed E-state index contributed by atoms with van der Waals surface area (Å²) in [5, 5.41) is 0.634. The second-order valence-electron chi connectivity index (χ2n) is 8.73. The van der Waals surface area contributed by atoms with Gasteiger partial charge >= 0.3 is 0 Å². The van der Waals surface area contributed by atoms with Crippen LogP contribution in [0.25, 0.3) is 10.9 Å². The zero-order chi connectivity index (χ0) is 25.5. The van der Waals surface area contributed by atoms with Gasteiger partial charge in [-0.3, -0.25) is 9.36 Å². The Balaban J connectivity index is 0.00000380. The molecule has 0 fully saturated rings. The van der Waals surface area contributed by atoms with Crippen molar-refractivity contribution in [2.45, 2.75) is 19.4 Å². The molecule has 37 heavy (non-hydrogen) atoms. The third kappa shape index (κ3) is 6.61. The van der Waals surface area contributed by atoms with Gasteiger partial charge in [-0.25, -0.2) is 4.98 Å². The lowest BCUT2D eigenvalue weighted by Crippen LogP contribution is -2.32. The van der Waals surface area contributed by atoms with E-state index >= 15 is 0 Å². The number of aromatic nitrogens is 2. The van der Waals surface area contributed by atoms with Crippen molar-refractivity contribution in [3.05, 3.63) is 94.0 Å². The van der Waals surface area contributed by atoms with Gasteiger partial charge in [0.15, 0.2) is 11.5 Å². The van der Waals surface area contributed by atoms with Crippen molar-refractivity contribution in [3.63, 3.8) is 0 Å². The number of hydrogen-bond donors (Lipinski definition) is 0. The van der Waals surface area contributed by atoms with Gasteiger partial charge in [-0.05, 0) is 49.4 Å². The molecule has 0 aliphatic carbocycles. The number of methoxy groups -OCH3 is 3. The van der Waals surface area contributed by atoms with Crippen molar-refractivity contribution >= 4 is 23.3 Å². The minimum Gasteiger partial charge on any atom is -0.496 e. The van der Waals surface area contributed by atoms with E-state index in [1.807, 2.05) is 65.2 Å². The predicted molar refractivity (Wildman–Crippen MR) is 150 cm³/mol. The molecule has 196 valence electrons. The SMILES string of the molecule is COc1ccccc1Cc1nc2ccccc2c(=O)n1CCN(C)CCc1ccc(OC)c(OC)c1.Cl. The van der Waals surface area contributed by atoms with Gasteiger partial charge in [0, 0.05) is 31.6 Å². The number of likely N-dealkylation sites (N-methyl/N-ethyl adjacent to an activating group) is 1. The molecule has 7 nitrogen and oxygen atoms in total. The second-order valence-corrected chi connectivity index (χ2v) is 8.73. The van der Waals surface area contributed by atoms with Crippen molar-refractivity contribution in [3.8, 4) is 17.2 Å². The fraction of sp³-hybridized carbons (Fsp3) is 0.310. The lowest BCUT2D eigenvalue weighted by Gasteiger charge is -2.20. The van der Waals surface area contributed by atoms with E-state index in [1.165, 1.54) is 5.56 Å². The first-order valence-electron chi connectivity index (χ1n) is 12.0. The third-order valence-corrected chi connectivity index (χ3v) is 6.42. The zero-order valence-electron chi connectivity index (χ0n) is 21.8. The van der Waals surface area contributed by atoms with E-state index in [4.69, 9.17) is 19.2 Å². The summed E-state index contributed by atoms with van der Waals surface area (Å²) in [6.07, 6.45) is 1.37. The average Bonchev–Trinajstić information content (AvgIpc) is 2.91. The number of hydrogen-bond acceptors (Lipinski definition) is 6. The predicted octanol–water partition coefficient (Wildman–Crippen LogP) is 4.61. The maximum atomic E-state index is 13.5. The monoisotopic (exact) mass is 523 g/mol. The molecule has 8 heteroatoms.